The minimum absolute atomic E-state index is 0.113. The number of rotatable bonds is 2. The Morgan fingerprint density at radius 1 is 0.833 bits per heavy atom. The number of amides is 2. The first-order valence-corrected chi connectivity index (χ1v) is 7.92. The Balaban J connectivity index is 1.80. The maximum atomic E-state index is 12.1. The molecule has 0 heterocycles. The van der Waals surface area contributed by atoms with E-state index >= 15 is 0 Å². The van der Waals surface area contributed by atoms with Crippen LogP contribution in [0.15, 0.2) is 65.1 Å². The summed E-state index contributed by atoms with van der Waals surface area (Å²) in [6.45, 7) is 0. The molecular weight excluding hydrogens is 372 g/mol. The molecule has 24 heavy (non-hydrogen) atoms. The van der Waals surface area contributed by atoms with Crippen molar-refractivity contribution in [2.24, 2.45) is 0 Å². The molecule has 0 saturated carbocycles. The van der Waals surface area contributed by atoms with E-state index in [1.54, 1.807) is 54.6 Å². The molecule has 0 saturated heterocycles. The molecule has 5 nitrogen and oxygen atoms in total. The highest BCUT2D eigenvalue weighted by Gasteiger charge is 2.15. The zero-order chi connectivity index (χ0) is 17.1. The van der Waals surface area contributed by atoms with E-state index in [1.165, 1.54) is 0 Å². The van der Waals surface area contributed by atoms with Gasteiger partial charge in [-0.25, -0.2) is 0 Å². The summed E-state index contributed by atoms with van der Waals surface area (Å²) in [6.07, 6.45) is 0. The van der Waals surface area contributed by atoms with Gasteiger partial charge in [-0.05, 0) is 30.3 Å². The lowest BCUT2D eigenvalue weighted by Gasteiger charge is -2.10. The fourth-order valence-electron chi connectivity index (χ4n) is 2.34. The Kier molecular flexibility index (Phi) is 4.48. The lowest BCUT2D eigenvalue weighted by molar-refractivity contribution is -0.132. The van der Waals surface area contributed by atoms with Crippen LogP contribution in [0.3, 0.4) is 0 Å². The molecule has 0 radical (unpaired) electrons. The molecule has 0 aliphatic heterocycles. The fourth-order valence-corrected chi connectivity index (χ4v) is 2.73. The molecule has 3 aromatic rings. The van der Waals surface area contributed by atoms with Gasteiger partial charge in [0.1, 0.15) is 5.75 Å². The average Bonchev–Trinajstić information content (AvgIpc) is 2.56. The van der Waals surface area contributed by atoms with Gasteiger partial charge in [0.2, 0.25) is 0 Å². The standard InChI is InChI=1S/C18H13BrN2O3/c19-11-4-1-5-12(10-11)20-17(23)18(24)21-15-8-2-7-14-13(15)6-3-9-16(14)22/h1-10,22H,(H,20,23)(H,21,24). The Hall–Kier alpha value is -2.86. The Morgan fingerprint density at radius 2 is 1.50 bits per heavy atom. The zero-order valence-electron chi connectivity index (χ0n) is 12.4. The van der Waals surface area contributed by atoms with E-state index in [0.29, 0.717) is 22.1 Å². The number of carbonyl (C=O) groups is 2. The van der Waals surface area contributed by atoms with Gasteiger partial charge in [0.25, 0.3) is 0 Å². The van der Waals surface area contributed by atoms with Crippen LogP contribution < -0.4 is 10.6 Å². The molecule has 0 atom stereocenters. The van der Waals surface area contributed by atoms with Gasteiger partial charge in [-0.1, -0.05) is 46.3 Å². The molecule has 6 heteroatoms. The van der Waals surface area contributed by atoms with Crippen LogP contribution in [0.4, 0.5) is 11.4 Å². The summed E-state index contributed by atoms with van der Waals surface area (Å²) >= 11 is 3.30. The third-order valence-corrected chi connectivity index (χ3v) is 3.93. The summed E-state index contributed by atoms with van der Waals surface area (Å²) in [5.74, 6) is -1.45. The van der Waals surface area contributed by atoms with E-state index in [1.807, 2.05) is 6.07 Å². The summed E-state index contributed by atoms with van der Waals surface area (Å²) in [6, 6.07) is 17.1. The first kappa shape index (κ1) is 16.0. The van der Waals surface area contributed by atoms with Gasteiger partial charge < -0.3 is 15.7 Å². The van der Waals surface area contributed by atoms with Gasteiger partial charge in [0, 0.05) is 26.6 Å². The van der Waals surface area contributed by atoms with Crippen LogP contribution >= 0.6 is 15.9 Å². The largest absolute Gasteiger partial charge is 0.507 e. The highest BCUT2D eigenvalue weighted by molar-refractivity contribution is 9.10. The number of phenols is 1. The van der Waals surface area contributed by atoms with Gasteiger partial charge in [-0.3, -0.25) is 9.59 Å². The quantitative estimate of drug-likeness (QED) is 0.586. The number of hydrogen-bond donors (Lipinski definition) is 3. The van der Waals surface area contributed by atoms with Crippen molar-refractivity contribution in [3.05, 3.63) is 65.1 Å². The van der Waals surface area contributed by atoms with Crippen molar-refractivity contribution in [1.29, 1.82) is 0 Å². The molecular formula is C18H13BrN2O3. The summed E-state index contributed by atoms with van der Waals surface area (Å²) < 4.78 is 0.797. The van der Waals surface area contributed by atoms with Gasteiger partial charge in [0.05, 0.1) is 0 Å². The van der Waals surface area contributed by atoms with E-state index in [9.17, 15) is 14.7 Å². The maximum Gasteiger partial charge on any atom is 0.314 e. The number of anilines is 2. The third-order valence-electron chi connectivity index (χ3n) is 3.44. The van der Waals surface area contributed by atoms with Gasteiger partial charge in [-0.2, -0.15) is 0 Å². The van der Waals surface area contributed by atoms with Crippen molar-refractivity contribution >= 4 is 49.9 Å². The molecule has 3 rings (SSSR count). The van der Waals surface area contributed by atoms with Crippen molar-refractivity contribution in [3.8, 4) is 5.75 Å². The van der Waals surface area contributed by atoms with Crippen molar-refractivity contribution in [3.63, 3.8) is 0 Å². The number of nitrogens with one attached hydrogen (secondary N) is 2. The summed E-state index contributed by atoms with van der Waals surface area (Å²) in [7, 11) is 0. The highest BCUT2D eigenvalue weighted by atomic mass is 79.9. The summed E-state index contributed by atoms with van der Waals surface area (Å²) in [5.41, 5.74) is 0.970. The van der Waals surface area contributed by atoms with E-state index < -0.39 is 11.8 Å². The first-order valence-electron chi connectivity index (χ1n) is 7.13. The molecule has 120 valence electrons. The molecule has 0 fully saturated rings. The van der Waals surface area contributed by atoms with Crippen molar-refractivity contribution in [2.45, 2.75) is 0 Å². The Labute approximate surface area is 146 Å². The fraction of sp³-hybridized carbons (Fsp3) is 0. The SMILES string of the molecule is O=C(Nc1cccc(Br)c1)C(=O)Nc1cccc2c(O)cccc12. The maximum absolute atomic E-state index is 12.1. The normalized spacial score (nSPS) is 10.4. The molecule has 0 aliphatic rings. The van der Waals surface area contributed by atoms with Crippen LogP contribution in [0, 0.1) is 0 Å². The van der Waals surface area contributed by atoms with Crippen molar-refractivity contribution in [2.75, 3.05) is 10.6 Å². The summed E-state index contributed by atoms with van der Waals surface area (Å²) in [5, 5.41) is 16.2. The monoisotopic (exact) mass is 384 g/mol. The zero-order valence-corrected chi connectivity index (χ0v) is 14.0. The second kappa shape index (κ2) is 6.72. The van der Waals surface area contributed by atoms with Gasteiger partial charge in [-0.15, -0.1) is 0 Å². The molecule has 0 bridgehead atoms. The number of benzene rings is 3. The van der Waals surface area contributed by atoms with Crippen LogP contribution in [0.5, 0.6) is 5.75 Å². The number of fused-ring (bicyclic) bond motifs is 1. The Morgan fingerprint density at radius 3 is 2.29 bits per heavy atom. The predicted octanol–water partition coefficient (Wildman–Crippen LogP) is 3.89. The minimum atomic E-state index is -0.786. The molecule has 0 aliphatic carbocycles. The van der Waals surface area contributed by atoms with Gasteiger partial charge >= 0.3 is 11.8 Å². The minimum Gasteiger partial charge on any atom is -0.507 e. The lowest BCUT2D eigenvalue weighted by atomic mass is 10.1. The molecule has 0 spiro atoms. The molecule has 0 unspecified atom stereocenters. The predicted molar refractivity (Wildman–Crippen MR) is 97.0 cm³/mol. The molecule has 3 aromatic carbocycles. The number of halogens is 1. The van der Waals surface area contributed by atoms with E-state index in [2.05, 4.69) is 26.6 Å². The van der Waals surface area contributed by atoms with E-state index in [4.69, 9.17) is 0 Å². The van der Waals surface area contributed by atoms with E-state index in [0.717, 1.165) is 4.47 Å². The topological polar surface area (TPSA) is 78.4 Å². The van der Waals surface area contributed by atoms with Gasteiger partial charge in [0.15, 0.2) is 0 Å². The third kappa shape index (κ3) is 3.38. The molecule has 3 N–H and O–H groups in total. The molecule has 2 amide bonds. The van der Waals surface area contributed by atoms with Crippen LogP contribution in [-0.4, -0.2) is 16.9 Å². The smallest absolute Gasteiger partial charge is 0.314 e. The number of phenolic OH excluding ortho intramolecular Hbond substituents is 1. The second-order valence-electron chi connectivity index (χ2n) is 5.10. The van der Waals surface area contributed by atoms with Crippen LogP contribution in [0.2, 0.25) is 0 Å². The number of carbonyl (C=O) groups excluding carboxylic acids is 2. The second-order valence-corrected chi connectivity index (χ2v) is 6.01. The Bertz CT molecular complexity index is 940. The number of hydrogen-bond acceptors (Lipinski definition) is 3. The number of aromatic hydroxyl groups is 1. The highest BCUT2D eigenvalue weighted by Crippen LogP contribution is 2.29. The average molecular weight is 385 g/mol. The lowest BCUT2D eigenvalue weighted by Crippen LogP contribution is -2.29. The van der Waals surface area contributed by atoms with Crippen LogP contribution in [0.25, 0.3) is 10.8 Å². The van der Waals surface area contributed by atoms with Crippen LogP contribution in [0.1, 0.15) is 0 Å². The first-order chi connectivity index (χ1) is 11.5. The van der Waals surface area contributed by atoms with Crippen LogP contribution in [-0.2, 0) is 9.59 Å². The van der Waals surface area contributed by atoms with Crippen molar-refractivity contribution in [1.82, 2.24) is 0 Å². The van der Waals surface area contributed by atoms with E-state index in [-0.39, 0.29) is 5.75 Å². The molecule has 0 aromatic heterocycles. The van der Waals surface area contributed by atoms with Crippen molar-refractivity contribution < 1.29 is 14.7 Å². The summed E-state index contributed by atoms with van der Waals surface area (Å²) in [4.78, 5) is 24.2.